The Morgan fingerprint density at radius 2 is 1.93 bits per heavy atom. The second-order valence-corrected chi connectivity index (χ2v) is 11.1. The number of aliphatic carboxylic acids is 1. The number of rotatable bonds is 13. The molecule has 3 aromatic heterocycles. The van der Waals surface area contributed by atoms with Crippen LogP contribution in [0.15, 0.2) is 47.7 Å². The molecule has 0 radical (unpaired) electrons. The summed E-state index contributed by atoms with van der Waals surface area (Å²) >= 11 is 0. The number of imidazole rings is 1. The molecule has 0 amide bonds. The number of nitrogens with zero attached hydrogens (tertiary/aromatic N) is 5. The average molecular weight is 606 g/mol. The van der Waals surface area contributed by atoms with Gasteiger partial charge in [0.1, 0.15) is 10.7 Å². The molecular formula is C30H35N7O7. The molecule has 0 aliphatic heterocycles. The van der Waals surface area contributed by atoms with Crippen molar-refractivity contribution >= 4 is 24.1 Å². The van der Waals surface area contributed by atoms with Gasteiger partial charge in [0.2, 0.25) is 12.7 Å². The number of aryl methyl sites for hydroxylation is 1. The van der Waals surface area contributed by atoms with Crippen molar-refractivity contribution in [2.45, 2.75) is 64.5 Å². The maximum Gasteiger partial charge on any atom is 0.308 e. The number of aliphatic hydroxyl groups is 1. The van der Waals surface area contributed by atoms with E-state index in [0.717, 1.165) is 11.3 Å². The zero-order valence-electron chi connectivity index (χ0n) is 24.7. The Bertz CT molecular complexity index is 1750. The summed E-state index contributed by atoms with van der Waals surface area (Å²) in [4.78, 5) is 50.8. The van der Waals surface area contributed by atoms with Crippen LogP contribution in [0.3, 0.4) is 0 Å². The Morgan fingerprint density at radius 1 is 1.16 bits per heavy atom. The molecule has 44 heavy (non-hydrogen) atoms. The van der Waals surface area contributed by atoms with Crippen LogP contribution in [0.5, 0.6) is 5.88 Å². The highest BCUT2D eigenvalue weighted by molar-refractivity contribution is 5.69. The van der Waals surface area contributed by atoms with Gasteiger partial charge in [-0.1, -0.05) is 56.3 Å². The Labute approximate surface area is 252 Å². The smallest absolute Gasteiger partial charge is 0.308 e. The number of carbonyl (C=O) groups excluding carboxylic acids is 1. The SMILES string of the molecule is CC(C)(C)c1[nH]cnc1/C=c1\[nH]c(=O)/c(=C/c2ccccc2)nc1OCOC(=O)CCCc1cn(C[C@H](O)CC(=O)O)nn1. The molecule has 0 unspecified atom stereocenters. The third kappa shape index (κ3) is 9.19. The molecule has 0 saturated carbocycles. The van der Waals surface area contributed by atoms with Gasteiger partial charge in [-0.3, -0.25) is 14.4 Å². The lowest BCUT2D eigenvalue weighted by Crippen LogP contribution is -2.38. The van der Waals surface area contributed by atoms with Gasteiger partial charge >= 0.3 is 11.9 Å². The van der Waals surface area contributed by atoms with Gasteiger partial charge in [0.15, 0.2) is 0 Å². The van der Waals surface area contributed by atoms with Gasteiger partial charge < -0.3 is 29.7 Å². The molecule has 1 aromatic carbocycles. The summed E-state index contributed by atoms with van der Waals surface area (Å²) in [6, 6.07) is 9.24. The summed E-state index contributed by atoms with van der Waals surface area (Å²) in [5, 5.41) is 26.7. The number of aromatic amines is 2. The molecular weight excluding hydrogens is 570 g/mol. The average Bonchev–Trinajstić information content (AvgIpc) is 3.60. The monoisotopic (exact) mass is 605 g/mol. The van der Waals surface area contributed by atoms with Crippen LogP contribution in [0.25, 0.3) is 12.2 Å². The van der Waals surface area contributed by atoms with Gasteiger partial charge in [0.05, 0.1) is 36.8 Å². The highest BCUT2D eigenvalue weighted by atomic mass is 16.7. The van der Waals surface area contributed by atoms with Crippen molar-refractivity contribution in [1.29, 1.82) is 0 Å². The Hall–Kier alpha value is -5.11. The zero-order chi connectivity index (χ0) is 31.7. The minimum absolute atomic E-state index is 0.000623. The second-order valence-electron chi connectivity index (χ2n) is 11.1. The molecule has 14 nitrogen and oxygen atoms in total. The fourth-order valence-electron chi connectivity index (χ4n) is 4.29. The number of aromatic nitrogens is 7. The summed E-state index contributed by atoms with van der Waals surface area (Å²) in [6.45, 7) is 5.65. The number of carboxylic acids is 1. The first-order valence-electron chi connectivity index (χ1n) is 14.0. The van der Waals surface area contributed by atoms with Gasteiger partial charge in [0.25, 0.3) is 5.56 Å². The predicted molar refractivity (Wildman–Crippen MR) is 158 cm³/mol. The van der Waals surface area contributed by atoms with Crippen LogP contribution in [0, 0.1) is 0 Å². The van der Waals surface area contributed by atoms with Crippen molar-refractivity contribution in [3.8, 4) is 5.88 Å². The van der Waals surface area contributed by atoms with Gasteiger partial charge in [-0.2, -0.15) is 0 Å². The summed E-state index contributed by atoms with van der Waals surface area (Å²) < 4.78 is 12.4. The van der Waals surface area contributed by atoms with E-state index in [-0.39, 0.29) is 35.0 Å². The third-order valence-corrected chi connectivity index (χ3v) is 6.36. The van der Waals surface area contributed by atoms with Crippen LogP contribution >= 0.6 is 0 Å². The molecule has 0 aliphatic rings. The number of carboxylic acid groups (broad SMARTS) is 1. The number of hydrogen-bond donors (Lipinski definition) is 4. The number of aliphatic hydroxyl groups excluding tert-OH is 1. The fraction of sp³-hybridized carbons (Fsp3) is 0.367. The standard InChI is InChI=1S/C30H35N7O7/c1-30(2,3)27-22(31-17-32-27)14-24-29(34-23(28(42)33-24)12-19-8-5-4-6-9-19)44-18-43-26(41)11-7-10-20-15-37(36-35-20)16-21(38)13-25(39)40/h4-6,8-9,12,14-15,17,21,38H,7,10-11,13,16,18H2,1-3H3,(H,31,32)(H,33,42)(H,39,40)/b23-12-,24-14-/t21-/m1/s1. The number of esters is 1. The van der Waals surface area contributed by atoms with Crippen molar-refractivity contribution in [3.05, 3.63) is 86.6 Å². The lowest BCUT2D eigenvalue weighted by Gasteiger charge is -2.17. The summed E-state index contributed by atoms with van der Waals surface area (Å²) in [5.41, 5.74) is 2.15. The van der Waals surface area contributed by atoms with E-state index >= 15 is 0 Å². The van der Waals surface area contributed by atoms with Crippen LogP contribution in [-0.4, -0.2) is 70.0 Å². The van der Waals surface area contributed by atoms with E-state index in [0.29, 0.717) is 24.2 Å². The lowest BCUT2D eigenvalue weighted by molar-refractivity contribution is -0.150. The van der Waals surface area contributed by atoms with E-state index in [4.69, 9.17) is 14.6 Å². The second kappa shape index (κ2) is 14.4. The van der Waals surface area contributed by atoms with Crippen LogP contribution in [0.1, 0.15) is 62.7 Å². The Balaban J connectivity index is 1.42. The molecule has 0 fully saturated rings. The van der Waals surface area contributed by atoms with E-state index in [1.54, 1.807) is 24.7 Å². The fourth-order valence-corrected chi connectivity index (χ4v) is 4.29. The van der Waals surface area contributed by atoms with Gasteiger partial charge in [-0.25, -0.2) is 14.6 Å². The lowest BCUT2D eigenvalue weighted by atomic mass is 9.90. The molecule has 0 bridgehead atoms. The van der Waals surface area contributed by atoms with E-state index in [2.05, 4.69) is 30.2 Å². The topological polar surface area (TPSA) is 198 Å². The normalized spacial score (nSPS) is 13.2. The maximum atomic E-state index is 12.9. The van der Waals surface area contributed by atoms with E-state index in [1.807, 2.05) is 51.1 Å². The Morgan fingerprint density at radius 3 is 2.66 bits per heavy atom. The van der Waals surface area contributed by atoms with Crippen LogP contribution < -0.4 is 21.0 Å². The molecule has 232 valence electrons. The zero-order valence-corrected chi connectivity index (χ0v) is 24.7. The van der Waals surface area contributed by atoms with E-state index < -0.39 is 36.8 Å². The summed E-state index contributed by atoms with van der Waals surface area (Å²) in [5.74, 6) is -1.56. The van der Waals surface area contributed by atoms with Crippen molar-refractivity contribution in [1.82, 2.24) is 34.9 Å². The Kier molecular flexibility index (Phi) is 10.4. The molecule has 0 aliphatic carbocycles. The van der Waals surface area contributed by atoms with Crippen molar-refractivity contribution in [2.75, 3.05) is 6.79 Å². The van der Waals surface area contributed by atoms with Crippen LogP contribution in [-0.2, 0) is 32.7 Å². The molecule has 0 spiro atoms. The minimum atomic E-state index is -1.11. The first-order valence-corrected chi connectivity index (χ1v) is 14.0. The van der Waals surface area contributed by atoms with Crippen molar-refractivity contribution in [2.24, 2.45) is 0 Å². The largest absolute Gasteiger partial charge is 0.481 e. The van der Waals surface area contributed by atoms with Gasteiger partial charge in [-0.05, 0) is 30.6 Å². The van der Waals surface area contributed by atoms with Gasteiger partial charge in [0, 0.05) is 23.7 Å². The summed E-state index contributed by atoms with van der Waals surface area (Å²) in [7, 11) is 0. The number of H-pyrrole nitrogens is 2. The molecule has 1 atom stereocenters. The summed E-state index contributed by atoms with van der Waals surface area (Å²) in [6.07, 6.45) is 5.87. The number of carbonyl (C=O) groups is 2. The quantitative estimate of drug-likeness (QED) is 0.124. The molecule has 4 aromatic rings. The molecule has 14 heteroatoms. The van der Waals surface area contributed by atoms with Gasteiger partial charge in [-0.15, -0.1) is 5.10 Å². The van der Waals surface area contributed by atoms with Crippen molar-refractivity contribution < 1.29 is 29.3 Å². The highest BCUT2D eigenvalue weighted by Gasteiger charge is 2.20. The molecule has 4 rings (SSSR count). The van der Waals surface area contributed by atoms with Crippen molar-refractivity contribution in [3.63, 3.8) is 0 Å². The number of benzene rings is 1. The van der Waals surface area contributed by atoms with Crippen LogP contribution in [0.4, 0.5) is 0 Å². The predicted octanol–water partition coefficient (Wildman–Crippen LogP) is 0.778. The van der Waals surface area contributed by atoms with E-state index in [1.165, 1.54) is 4.68 Å². The number of ether oxygens (including phenoxy) is 2. The maximum absolute atomic E-state index is 12.9. The number of nitrogens with one attached hydrogen (secondary N) is 2. The van der Waals surface area contributed by atoms with E-state index in [9.17, 15) is 19.5 Å². The minimum Gasteiger partial charge on any atom is -0.481 e. The third-order valence-electron chi connectivity index (χ3n) is 6.36. The first-order chi connectivity index (χ1) is 21.0. The number of hydrogen-bond acceptors (Lipinski definition) is 10. The highest BCUT2D eigenvalue weighted by Crippen LogP contribution is 2.23. The first kappa shape index (κ1) is 31.8. The molecule has 4 N–H and O–H groups in total. The molecule has 3 heterocycles. The van der Waals surface area contributed by atoms with Crippen LogP contribution in [0.2, 0.25) is 0 Å². The molecule has 0 saturated heterocycles.